The van der Waals surface area contributed by atoms with E-state index in [1.807, 2.05) is 0 Å². The third-order valence-corrected chi connectivity index (χ3v) is 4.15. The highest BCUT2D eigenvalue weighted by molar-refractivity contribution is 5.67. The molecule has 0 heterocycles. The molecule has 5 atom stereocenters. The fourth-order valence-corrected chi connectivity index (χ4v) is 3.55. The zero-order chi connectivity index (χ0) is 5.85. The molecule has 48 valence electrons. The van der Waals surface area contributed by atoms with Crippen LogP contribution < -0.4 is 0 Å². The predicted molar refractivity (Wildman–Crippen MR) is 28.3 cm³/mol. The second kappa shape index (κ2) is 0.663. The molecule has 0 aliphatic heterocycles. The summed E-state index contributed by atoms with van der Waals surface area (Å²) in [6.45, 7) is 0. The van der Waals surface area contributed by atoms with Gasteiger partial charge >= 0.3 is 0 Å². The van der Waals surface area contributed by atoms with Gasteiger partial charge in [0.2, 0.25) is 0 Å². The van der Waals surface area contributed by atoms with Gasteiger partial charge < -0.3 is 0 Å². The van der Waals surface area contributed by atoms with Gasteiger partial charge in [0.15, 0.2) is 0 Å². The van der Waals surface area contributed by atoms with Gasteiger partial charge in [0.05, 0.1) is 7.11 Å². The van der Waals surface area contributed by atoms with Gasteiger partial charge in [0, 0.05) is 11.3 Å². The summed E-state index contributed by atoms with van der Waals surface area (Å²) in [4.78, 5) is 9.68. The molecule has 2 nitrogen and oxygen atoms in total. The lowest BCUT2D eigenvalue weighted by atomic mass is 10.2. The van der Waals surface area contributed by atoms with Gasteiger partial charge in [-0.25, -0.2) is 9.78 Å². The third kappa shape index (κ3) is 0.151. The van der Waals surface area contributed by atoms with E-state index < -0.39 is 0 Å². The van der Waals surface area contributed by atoms with Crippen LogP contribution in [0, 0.1) is 22.7 Å². The summed E-state index contributed by atoms with van der Waals surface area (Å²) in [6.07, 6.45) is 2.04. The van der Waals surface area contributed by atoms with Crippen LogP contribution in [0.5, 0.6) is 0 Å². The predicted octanol–water partition coefficient (Wildman–Crippen LogP) is 0.583. The van der Waals surface area contributed by atoms with Crippen LogP contribution in [0.1, 0.15) is 6.42 Å². The first-order valence-electron chi connectivity index (χ1n) is 3.60. The molecule has 0 N–H and O–H groups in total. The van der Waals surface area contributed by atoms with Crippen LogP contribution in [-0.4, -0.2) is 13.2 Å². The molecular formula is C7H8O2. The average molecular weight is 124 g/mol. The minimum atomic E-state index is 0.529. The van der Waals surface area contributed by atoms with Crippen molar-refractivity contribution in [3.05, 3.63) is 0 Å². The summed E-state index contributed by atoms with van der Waals surface area (Å²) >= 11 is 0. The van der Waals surface area contributed by atoms with Crippen molar-refractivity contribution < 1.29 is 9.78 Å². The van der Waals surface area contributed by atoms with Gasteiger partial charge in [-0.3, -0.25) is 0 Å². The molecule has 0 aromatic carbocycles. The Kier molecular flexibility index (Phi) is 0.290. The molecule has 0 amide bonds. The monoisotopic (exact) mass is 124 g/mol. The smallest absolute Gasteiger partial charge is 0.104 e. The van der Waals surface area contributed by atoms with E-state index in [4.69, 9.17) is 4.89 Å². The van der Waals surface area contributed by atoms with E-state index in [0.717, 1.165) is 22.7 Å². The molecule has 5 unspecified atom stereocenters. The molecular weight excluding hydrogens is 116 g/mol. The van der Waals surface area contributed by atoms with Crippen LogP contribution >= 0.6 is 0 Å². The Morgan fingerprint density at radius 2 is 2.44 bits per heavy atom. The van der Waals surface area contributed by atoms with Crippen molar-refractivity contribution in [2.45, 2.75) is 12.5 Å². The SMILES string of the molecule is COOC1C2C34CC3C124. The lowest BCUT2D eigenvalue weighted by Crippen LogP contribution is -2.07. The zero-order valence-corrected chi connectivity index (χ0v) is 5.26. The van der Waals surface area contributed by atoms with Gasteiger partial charge in [-0.2, -0.15) is 0 Å². The molecule has 4 aliphatic rings. The van der Waals surface area contributed by atoms with Gasteiger partial charge in [-0.05, 0) is 17.8 Å². The molecule has 2 spiro atoms. The highest BCUT2D eigenvalue weighted by atomic mass is 17.2. The van der Waals surface area contributed by atoms with Gasteiger partial charge in [0.1, 0.15) is 6.10 Å². The largest absolute Gasteiger partial charge is 0.240 e. The minimum Gasteiger partial charge on any atom is -0.240 e. The van der Waals surface area contributed by atoms with Crippen molar-refractivity contribution in [1.29, 1.82) is 0 Å². The van der Waals surface area contributed by atoms with Crippen LogP contribution in [0.25, 0.3) is 0 Å². The highest BCUT2D eigenvalue weighted by Gasteiger charge is 3.22. The van der Waals surface area contributed by atoms with Crippen LogP contribution in [-0.2, 0) is 9.78 Å². The van der Waals surface area contributed by atoms with E-state index in [1.165, 1.54) is 6.42 Å². The normalized spacial score (nSPS) is 84.3. The van der Waals surface area contributed by atoms with Crippen molar-refractivity contribution in [2.75, 3.05) is 7.11 Å². The van der Waals surface area contributed by atoms with Crippen molar-refractivity contribution in [2.24, 2.45) is 22.7 Å². The van der Waals surface area contributed by atoms with Gasteiger partial charge in [-0.1, -0.05) is 0 Å². The van der Waals surface area contributed by atoms with Crippen LogP contribution in [0.3, 0.4) is 0 Å². The summed E-state index contributed by atoms with van der Waals surface area (Å²) in [7, 11) is 1.61. The molecule has 2 heteroatoms. The van der Waals surface area contributed by atoms with Gasteiger partial charge in [-0.15, -0.1) is 0 Å². The summed E-state index contributed by atoms with van der Waals surface area (Å²) in [5.41, 5.74) is 1.62. The Hall–Kier alpha value is -0.0800. The maximum atomic E-state index is 5.06. The van der Waals surface area contributed by atoms with Gasteiger partial charge in [0.25, 0.3) is 0 Å². The van der Waals surface area contributed by atoms with E-state index in [1.54, 1.807) is 7.11 Å². The first-order chi connectivity index (χ1) is 4.40. The zero-order valence-electron chi connectivity index (χ0n) is 5.26. The van der Waals surface area contributed by atoms with Crippen LogP contribution in [0.4, 0.5) is 0 Å². The molecule has 4 rings (SSSR count). The topological polar surface area (TPSA) is 18.5 Å². The molecule has 4 fully saturated rings. The third-order valence-electron chi connectivity index (χ3n) is 4.15. The van der Waals surface area contributed by atoms with Crippen LogP contribution in [0.15, 0.2) is 0 Å². The molecule has 4 aliphatic carbocycles. The molecule has 0 aromatic heterocycles. The molecule has 0 radical (unpaired) electrons. The standard InChI is InChI=1S/C7H8O2/c1-8-9-5-4-6-2-3(6)7(4,5)6/h3-5H,2H2,1H3. The van der Waals surface area contributed by atoms with E-state index in [0.29, 0.717) is 6.10 Å². The average Bonchev–Trinajstić information content (AvgIpc) is 2.62. The summed E-state index contributed by atoms with van der Waals surface area (Å²) in [5, 5.41) is 0. The minimum absolute atomic E-state index is 0.529. The second-order valence-corrected chi connectivity index (χ2v) is 3.89. The quantitative estimate of drug-likeness (QED) is 0.396. The first-order valence-corrected chi connectivity index (χ1v) is 3.60. The molecule has 4 saturated carbocycles. The highest BCUT2D eigenvalue weighted by Crippen LogP contribution is 3.21. The van der Waals surface area contributed by atoms with Crippen molar-refractivity contribution in [3.63, 3.8) is 0 Å². The van der Waals surface area contributed by atoms with E-state index in [2.05, 4.69) is 4.89 Å². The Morgan fingerprint density at radius 1 is 1.56 bits per heavy atom. The summed E-state index contributed by atoms with van der Waals surface area (Å²) in [6, 6.07) is 0. The van der Waals surface area contributed by atoms with Crippen LogP contribution in [0.2, 0.25) is 0 Å². The fraction of sp³-hybridized carbons (Fsp3) is 1.00. The Balaban J connectivity index is 1.61. The Labute approximate surface area is 53.1 Å². The maximum Gasteiger partial charge on any atom is 0.104 e. The number of hydrogen-bond acceptors (Lipinski definition) is 2. The first kappa shape index (κ1) is 3.94. The summed E-state index contributed by atoms with van der Waals surface area (Å²) < 4.78 is 0. The van der Waals surface area contributed by atoms with E-state index >= 15 is 0 Å². The maximum absolute atomic E-state index is 5.06. The van der Waals surface area contributed by atoms with Crippen molar-refractivity contribution in [1.82, 2.24) is 0 Å². The van der Waals surface area contributed by atoms with E-state index in [9.17, 15) is 0 Å². The molecule has 9 heavy (non-hydrogen) atoms. The number of hydrogen-bond donors (Lipinski definition) is 0. The molecule has 0 bridgehead atoms. The van der Waals surface area contributed by atoms with E-state index in [-0.39, 0.29) is 0 Å². The number of rotatable bonds is 2. The molecule has 0 aromatic rings. The lowest BCUT2D eigenvalue weighted by Gasteiger charge is -2.04. The Morgan fingerprint density at radius 3 is 2.78 bits per heavy atom. The van der Waals surface area contributed by atoms with Crippen molar-refractivity contribution in [3.8, 4) is 0 Å². The lowest BCUT2D eigenvalue weighted by molar-refractivity contribution is -0.295. The Bertz CT molecular complexity index is 227. The fourth-order valence-electron chi connectivity index (χ4n) is 3.55. The summed E-state index contributed by atoms with van der Waals surface area (Å²) in [5.74, 6) is 2.05. The second-order valence-electron chi connectivity index (χ2n) is 3.89. The molecule has 0 saturated heterocycles. The van der Waals surface area contributed by atoms with Crippen molar-refractivity contribution >= 4 is 0 Å².